The molecular weight excluding hydrogens is 184 g/mol. The molecule has 1 aliphatic heterocycles. The number of cyclic esters (lactones) is 1. The Kier molecular flexibility index (Phi) is 1.97. The van der Waals surface area contributed by atoms with Crippen molar-refractivity contribution in [1.82, 2.24) is 0 Å². The summed E-state index contributed by atoms with van der Waals surface area (Å²) in [4.78, 5) is 10.9. The molecule has 1 heterocycles. The maximum Gasteiger partial charge on any atom is 0.331 e. The SMILES string of the molecule is C[C@@]1(O)C=CC2=CC(=O)OC[C@H]2[C@H]1O. The van der Waals surface area contributed by atoms with Crippen LogP contribution in [0.1, 0.15) is 6.92 Å². The van der Waals surface area contributed by atoms with Gasteiger partial charge in [-0.05, 0) is 12.5 Å². The average Bonchev–Trinajstić information content (AvgIpc) is 2.12. The van der Waals surface area contributed by atoms with Crippen molar-refractivity contribution in [2.45, 2.75) is 18.6 Å². The Morgan fingerprint density at radius 3 is 3.07 bits per heavy atom. The van der Waals surface area contributed by atoms with Gasteiger partial charge >= 0.3 is 5.97 Å². The summed E-state index contributed by atoms with van der Waals surface area (Å²) in [5, 5.41) is 19.5. The third-order valence-electron chi connectivity index (χ3n) is 2.71. The number of carbonyl (C=O) groups is 1. The van der Waals surface area contributed by atoms with E-state index in [-0.39, 0.29) is 12.5 Å². The molecule has 0 aromatic heterocycles. The standard InChI is InChI=1S/C10H12O4/c1-10(13)3-2-6-4-8(11)14-5-7(6)9(10)12/h2-4,7,9,12-13H,5H2,1H3/t7-,9-,10-/m1/s1. The van der Waals surface area contributed by atoms with Crippen LogP contribution >= 0.6 is 0 Å². The second kappa shape index (κ2) is 2.93. The maximum absolute atomic E-state index is 10.9. The van der Waals surface area contributed by atoms with E-state index in [1.54, 1.807) is 6.08 Å². The lowest BCUT2D eigenvalue weighted by molar-refractivity contribution is -0.144. The van der Waals surface area contributed by atoms with Gasteiger partial charge in [-0.25, -0.2) is 4.79 Å². The lowest BCUT2D eigenvalue weighted by Gasteiger charge is -2.37. The van der Waals surface area contributed by atoms with Crippen LogP contribution in [0.25, 0.3) is 0 Å². The van der Waals surface area contributed by atoms with Gasteiger partial charge in [-0.1, -0.05) is 12.2 Å². The van der Waals surface area contributed by atoms with Gasteiger partial charge in [0.2, 0.25) is 0 Å². The topological polar surface area (TPSA) is 66.8 Å². The van der Waals surface area contributed by atoms with E-state index in [1.807, 2.05) is 0 Å². The van der Waals surface area contributed by atoms with Crippen molar-refractivity contribution in [3.05, 3.63) is 23.8 Å². The number of aliphatic hydroxyl groups is 2. The van der Waals surface area contributed by atoms with Gasteiger partial charge in [-0.15, -0.1) is 0 Å². The van der Waals surface area contributed by atoms with E-state index in [0.29, 0.717) is 0 Å². The van der Waals surface area contributed by atoms with Crippen LogP contribution in [-0.2, 0) is 9.53 Å². The summed E-state index contributed by atoms with van der Waals surface area (Å²) in [6, 6.07) is 0. The number of ether oxygens (including phenoxy) is 1. The molecule has 2 aliphatic rings. The largest absolute Gasteiger partial charge is 0.462 e. The van der Waals surface area contributed by atoms with Gasteiger partial charge in [-0.2, -0.15) is 0 Å². The second-order valence-corrected chi connectivity index (χ2v) is 3.88. The molecule has 0 spiro atoms. The minimum atomic E-state index is -1.24. The summed E-state index contributed by atoms with van der Waals surface area (Å²) in [5.74, 6) is -0.706. The van der Waals surface area contributed by atoms with Crippen molar-refractivity contribution < 1.29 is 19.7 Å². The number of esters is 1. The van der Waals surface area contributed by atoms with Crippen LogP contribution in [0, 0.1) is 5.92 Å². The molecule has 0 amide bonds. The maximum atomic E-state index is 10.9. The number of aliphatic hydroxyl groups excluding tert-OH is 1. The van der Waals surface area contributed by atoms with Crippen LogP contribution in [-0.4, -0.2) is 34.5 Å². The van der Waals surface area contributed by atoms with Crippen LogP contribution < -0.4 is 0 Å². The average molecular weight is 196 g/mol. The number of hydrogen-bond donors (Lipinski definition) is 2. The Morgan fingerprint density at radius 1 is 1.64 bits per heavy atom. The Balaban J connectivity index is 2.38. The molecule has 0 saturated heterocycles. The van der Waals surface area contributed by atoms with E-state index in [4.69, 9.17) is 4.74 Å². The molecule has 0 aromatic rings. The molecule has 0 unspecified atom stereocenters. The first-order chi connectivity index (χ1) is 6.50. The first kappa shape index (κ1) is 9.43. The molecule has 0 radical (unpaired) electrons. The minimum absolute atomic E-state index is 0.131. The molecule has 76 valence electrons. The zero-order valence-electron chi connectivity index (χ0n) is 7.80. The first-order valence-corrected chi connectivity index (χ1v) is 4.49. The normalized spacial score (nSPS) is 41.4. The third-order valence-corrected chi connectivity index (χ3v) is 2.71. The smallest absolute Gasteiger partial charge is 0.331 e. The molecule has 4 nitrogen and oxygen atoms in total. The minimum Gasteiger partial charge on any atom is -0.462 e. The lowest BCUT2D eigenvalue weighted by atomic mass is 9.78. The van der Waals surface area contributed by atoms with E-state index < -0.39 is 17.7 Å². The van der Waals surface area contributed by atoms with Crippen LogP contribution in [0.4, 0.5) is 0 Å². The summed E-state index contributed by atoms with van der Waals surface area (Å²) in [7, 11) is 0. The van der Waals surface area contributed by atoms with Gasteiger partial charge in [0, 0.05) is 12.0 Å². The highest BCUT2D eigenvalue weighted by molar-refractivity contribution is 5.84. The zero-order valence-corrected chi connectivity index (χ0v) is 7.80. The summed E-state index contributed by atoms with van der Waals surface area (Å²) in [6.07, 6.45) is 3.59. The van der Waals surface area contributed by atoms with Crippen molar-refractivity contribution in [3.8, 4) is 0 Å². The van der Waals surface area contributed by atoms with Crippen molar-refractivity contribution in [2.75, 3.05) is 6.61 Å². The van der Waals surface area contributed by atoms with Gasteiger partial charge < -0.3 is 14.9 Å². The monoisotopic (exact) mass is 196 g/mol. The highest BCUT2D eigenvalue weighted by atomic mass is 16.5. The predicted molar refractivity (Wildman–Crippen MR) is 48.3 cm³/mol. The quantitative estimate of drug-likeness (QED) is 0.525. The molecule has 2 rings (SSSR count). The van der Waals surface area contributed by atoms with Crippen molar-refractivity contribution in [3.63, 3.8) is 0 Å². The van der Waals surface area contributed by atoms with E-state index in [2.05, 4.69) is 0 Å². The molecule has 14 heavy (non-hydrogen) atoms. The summed E-state index contributed by atoms with van der Waals surface area (Å²) in [5.41, 5.74) is -0.522. The Bertz CT molecular complexity index is 327. The van der Waals surface area contributed by atoms with Crippen LogP contribution in [0.15, 0.2) is 23.8 Å². The Labute approximate surface area is 81.5 Å². The highest BCUT2D eigenvalue weighted by Gasteiger charge is 2.41. The second-order valence-electron chi connectivity index (χ2n) is 3.88. The number of rotatable bonds is 0. The fraction of sp³-hybridized carbons (Fsp3) is 0.500. The van der Waals surface area contributed by atoms with Gasteiger partial charge in [0.1, 0.15) is 12.2 Å². The van der Waals surface area contributed by atoms with Gasteiger partial charge in [0.15, 0.2) is 0 Å². The highest BCUT2D eigenvalue weighted by Crippen LogP contribution is 2.33. The number of hydrogen-bond acceptors (Lipinski definition) is 4. The molecule has 4 heteroatoms. The summed E-state index contributed by atoms with van der Waals surface area (Å²) < 4.78 is 4.79. The van der Waals surface area contributed by atoms with E-state index >= 15 is 0 Å². The summed E-state index contributed by atoms with van der Waals surface area (Å²) in [6.45, 7) is 1.66. The molecule has 0 fully saturated rings. The molecule has 1 aliphatic carbocycles. The van der Waals surface area contributed by atoms with Crippen LogP contribution in [0.3, 0.4) is 0 Å². The van der Waals surface area contributed by atoms with E-state index in [0.717, 1.165) is 5.57 Å². The van der Waals surface area contributed by atoms with E-state index in [1.165, 1.54) is 19.1 Å². The molecule has 0 saturated carbocycles. The predicted octanol–water partition coefficient (Wildman–Crippen LogP) is -0.233. The number of allylic oxidation sites excluding steroid dienone is 1. The van der Waals surface area contributed by atoms with Crippen molar-refractivity contribution >= 4 is 5.97 Å². The number of carbonyl (C=O) groups excluding carboxylic acids is 1. The lowest BCUT2D eigenvalue weighted by Crippen LogP contribution is -2.48. The summed E-state index contributed by atoms with van der Waals surface area (Å²) >= 11 is 0. The molecule has 0 bridgehead atoms. The van der Waals surface area contributed by atoms with Crippen molar-refractivity contribution in [1.29, 1.82) is 0 Å². The van der Waals surface area contributed by atoms with Crippen LogP contribution in [0.5, 0.6) is 0 Å². The van der Waals surface area contributed by atoms with Gasteiger partial charge in [-0.3, -0.25) is 0 Å². The Hall–Kier alpha value is -1.13. The van der Waals surface area contributed by atoms with Crippen LogP contribution in [0.2, 0.25) is 0 Å². The number of fused-ring (bicyclic) bond motifs is 1. The Morgan fingerprint density at radius 2 is 2.36 bits per heavy atom. The molecule has 3 atom stereocenters. The zero-order chi connectivity index (χ0) is 10.3. The van der Waals surface area contributed by atoms with Gasteiger partial charge in [0.25, 0.3) is 0 Å². The fourth-order valence-corrected chi connectivity index (χ4v) is 1.77. The molecule has 0 aromatic carbocycles. The molecule has 2 N–H and O–H groups in total. The van der Waals surface area contributed by atoms with Gasteiger partial charge in [0.05, 0.1) is 6.10 Å². The van der Waals surface area contributed by atoms with E-state index in [9.17, 15) is 15.0 Å². The fourth-order valence-electron chi connectivity index (χ4n) is 1.77. The van der Waals surface area contributed by atoms with Crippen molar-refractivity contribution in [2.24, 2.45) is 5.92 Å². The molecular formula is C10H12O4. The first-order valence-electron chi connectivity index (χ1n) is 4.49. The third kappa shape index (κ3) is 1.36.